The lowest BCUT2D eigenvalue weighted by molar-refractivity contribution is -0.277. The maximum Gasteiger partial charge on any atom is 0.336 e. The molecule has 4 fully saturated rings. The summed E-state index contributed by atoms with van der Waals surface area (Å²) in [7, 11) is 0. The molecule has 119 heavy (non-hydrogen) atoms. The summed E-state index contributed by atoms with van der Waals surface area (Å²) in [6.45, 7) is 30.6. The largest absolute Gasteiger partial charge is 0.462 e. The molecule has 1 aromatic heterocycles. The van der Waals surface area contributed by atoms with Crippen molar-refractivity contribution in [3.63, 3.8) is 0 Å². The van der Waals surface area contributed by atoms with E-state index < -0.39 is 187 Å². The predicted molar refractivity (Wildman–Crippen MR) is 413 cm³/mol. The first-order chi connectivity index (χ1) is 55.5. The fourth-order valence-corrected chi connectivity index (χ4v) is 13.3. The number of hydrogen-bond donors (Lipinski definition) is 6. The van der Waals surface area contributed by atoms with Crippen LogP contribution in [-0.4, -0.2) is 212 Å². The van der Waals surface area contributed by atoms with Crippen molar-refractivity contribution in [3.05, 3.63) is 167 Å². The lowest BCUT2D eigenvalue weighted by atomic mass is 9.95. The molecule has 7 aliphatic heterocycles. The van der Waals surface area contributed by atoms with Crippen LogP contribution >= 0.6 is 0 Å². The van der Waals surface area contributed by atoms with Gasteiger partial charge in [-0.15, -0.1) is 0 Å². The normalized spacial score (nSPS) is 27.6. The van der Waals surface area contributed by atoms with Gasteiger partial charge in [-0.3, -0.25) is 47.9 Å². The van der Waals surface area contributed by atoms with Crippen LogP contribution in [0.1, 0.15) is 120 Å². The van der Waals surface area contributed by atoms with Gasteiger partial charge in [0.15, 0.2) is 59.8 Å². The predicted octanol–water partition coefficient (Wildman–Crippen LogP) is 6.25. The molecule has 0 bridgehead atoms. The molecule has 640 valence electrons. The van der Waals surface area contributed by atoms with Crippen LogP contribution in [-0.2, 0) is 95.3 Å². The van der Waals surface area contributed by atoms with Gasteiger partial charge in [0.1, 0.15) is 112 Å². The molecule has 8 heterocycles. The van der Waals surface area contributed by atoms with Crippen LogP contribution in [0.2, 0.25) is 0 Å². The second-order valence-corrected chi connectivity index (χ2v) is 28.1. The Kier molecular flexibility index (Phi) is 30.9. The fourth-order valence-electron chi connectivity index (χ4n) is 13.3. The molecule has 5 aromatic rings. The molecule has 20 atom stereocenters. The Bertz CT molecular complexity index is 4740. The molecule has 0 radical (unpaired) electrons. The third-order valence-corrected chi connectivity index (χ3v) is 18.5. The van der Waals surface area contributed by atoms with Crippen molar-refractivity contribution >= 4 is 86.6 Å². The van der Waals surface area contributed by atoms with E-state index >= 15 is 0 Å². The van der Waals surface area contributed by atoms with Crippen molar-refractivity contribution in [2.75, 3.05) is 0 Å². The van der Waals surface area contributed by atoms with E-state index in [2.05, 4.69) is 19.7 Å². The molecule has 12 rings (SSSR count). The Hall–Kier alpha value is -11.8. The zero-order chi connectivity index (χ0) is 86.9. The number of ether oxygens (including phenoxy) is 17. The summed E-state index contributed by atoms with van der Waals surface area (Å²) < 4.78 is 99.0. The number of rotatable bonds is 18. The standard InChI is InChI=1S/2C24H26O10.C18H20O7.C17H18O8.CH4/c2*1-11-9-12(2)29-19-10-17(7-8-18(11)19)33-24-23(32-16(6)28)22(31-15(5)27)21(30-14(4)26)20(34-24)13(3)25;1-8-6-9(2)23-13-7-11(4-5-12(8)13)24-18-16(22)14(20)15(21)17(25-18)10(3)19;1-7-5-12(19)24-11-6-9(3-4-10(7)11)23-17-15(22)13(20)14(21)16(25-17)8(2)18;/h2*7-10,20-24H,2H2,1,3-6H3;4-7,14-18,20-22H,2H2,1,3H3;3-6,13-17,20-22H,1-2H3;1H4/t2*20?,21?,22?,23-,24?;14?,15?,16-,17?,18?;13?,14?,15-,16?,17?;/m0000./s1. The molecule has 4 aromatic carbocycles. The first-order valence-corrected chi connectivity index (χ1v) is 36.5. The molecule has 35 heteroatoms. The van der Waals surface area contributed by atoms with Crippen molar-refractivity contribution in [3.8, 4) is 40.2 Å². The van der Waals surface area contributed by atoms with Crippen LogP contribution < -0.4 is 38.8 Å². The number of aliphatic hydroxyl groups excluding tert-OH is 6. The van der Waals surface area contributed by atoms with E-state index in [1.807, 2.05) is 26.8 Å². The lowest BCUT2D eigenvalue weighted by Crippen LogP contribution is -2.64. The first kappa shape index (κ1) is 92.7. The quantitative estimate of drug-likeness (QED) is 0.0320. The van der Waals surface area contributed by atoms with E-state index in [1.54, 1.807) is 85.8 Å². The summed E-state index contributed by atoms with van der Waals surface area (Å²) in [5.74, 6) is -2.49. The number of ketones is 4. The Morgan fingerprint density at radius 2 is 0.613 bits per heavy atom. The van der Waals surface area contributed by atoms with Crippen molar-refractivity contribution in [1.29, 1.82) is 0 Å². The Balaban J connectivity index is 0.000000199. The highest BCUT2D eigenvalue weighted by molar-refractivity contribution is 5.85. The minimum absolute atomic E-state index is 0. The minimum atomic E-state index is -1.60. The number of esters is 6. The SMILES string of the molecule is C.C=C1C=C(C)c2ccc(OC3OC(C(C)=O)C(O)C(O)[C@@H]3O)cc2O1.C=C1C=C(C)c2ccc(OC3OC(C(C)=O)C(OC(C)=O)C(OC(C)=O)[C@@H]3OC(C)=O)cc2O1.C=C1C=C(C)c2ccc(OC3OC(C(C)=O)C(OC(C)=O)C(OC(C)=O)[C@@H]3OC(C)=O)cc2O1.CC(=O)C1OC(Oc2ccc3c(C)cc(=O)oc3c2)[C@@H](O)C(O)C1O. The molecule has 6 N–H and O–H groups in total. The number of aliphatic hydroxyl groups is 6. The smallest absolute Gasteiger partial charge is 0.336 e. The van der Waals surface area contributed by atoms with Gasteiger partial charge < -0.3 is 116 Å². The Morgan fingerprint density at radius 1 is 0.336 bits per heavy atom. The molecule has 0 spiro atoms. The average molecular weight is 1660 g/mol. The van der Waals surface area contributed by atoms with Crippen LogP contribution in [0.3, 0.4) is 0 Å². The van der Waals surface area contributed by atoms with E-state index in [-0.39, 0.29) is 30.3 Å². The van der Waals surface area contributed by atoms with Crippen LogP contribution in [0, 0.1) is 6.92 Å². The number of benzene rings is 4. The Labute approximate surface area is 681 Å². The van der Waals surface area contributed by atoms with Gasteiger partial charge in [-0.25, -0.2) is 4.79 Å². The zero-order valence-corrected chi connectivity index (χ0v) is 66.4. The van der Waals surface area contributed by atoms with Gasteiger partial charge in [0.25, 0.3) is 0 Å². The van der Waals surface area contributed by atoms with Gasteiger partial charge in [0.2, 0.25) is 37.4 Å². The second-order valence-electron chi connectivity index (χ2n) is 28.1. The van der Waals surface area contributed by atoms with Gasteiger partial charge in [0.05, 0.1) is 0 Å². The molecular weight excluding hydrogens is 1570 g/mol. The molecular formula is C84H94O35. The Morgan fingerprint density at radius 3 is 0.924 bits per heavy atom. The van der Waals surface area contributed by atoms with Gasteiger partial charge in [-0.2, -0.15) is 0 Å². The molecule has 0 saturated carbocycles. The number of fused-ring (bicyclic) bond motifs is 4. The molecule has 16 unspecified atom stereocenters. The molecule has 35 nitrogen and oxygen atoms in total. The van der Waals surface area contributed by atoms with E-state index in [0.717, 1.165) is 80.5 Å². The van der Waals surface area contributed by atoms with Gasteiger partial charge in [0, 0.05) is 94.0 Å². The summed E-state index contributed by atoms with van der Waals surface area (Å²) in [6.07, 6.45) is -22.8. The highest BCUT2D eigenvalue weighted by atomic mass is 16.8. The van der Waals surface area contributed by atoms with E-state index in [0.29, 0.717) is 45.7 Å². The van der Waals surface area contributed by atoms with E-state index in [4.69, 9.17) is 84.9 Å². The summed E-state index contributed by atoms with van der Waals surface area (Å²) in [4.78, 5) is 130. The fraction of sp³-hybridized carbons (Fsp3) is 0.417. The average Bonchev–Trinajstić information content (AvgIpc) is 0.768. The van der Waals surface area contributed by atoms with Crippen molar-refractivity contribution in [1.82, 2.24) is 0 Å². The van der Waals surface area contributed by atoms with Gasteiger partial charge >= 0.3 is 41.4 Å². The summed E-state index contributed by atoms with van der Waals surface area (Å²) in [6, 6.07) is 21.1. The highest BCUT2D eigenvalue weighted by Crippen LogP contribution is 2.42. The molecule has 4 saturated heterocycles. The zero-order valence-electron chi connectivity index (χ0n) is 66.4. The third kappa shape index (κ3) is 23.0. The van der Waals surface area contributed by atoms with Gasteiger partial charge in [-0.1, -0.05) is 27.2 Å². The number of carbonyl (C=O) groups is 10. The minimum Gasteiger partial charge on any atom is -0.462 e. The molecule has 0 aliphatic carbocycles. The van der Waals surface area contributed by atoms with Crippen LogP contribution in [0.15, 0.2) is 143 Å². The second kappa shape index (κ2) is 39.7. The number of allylic oxidation sites excluding steroid dienone is 6. The van der Waals surface area contributed by atoms with E-state index in [1.165, 1.54) is 39.8 Å². The van der Waals surface area contributed by atoms with Crippen LogP contribution in [0.25, 0.3) is 27.7 Å². The first-order valence-electron chi connectivity index (χ1n) is 36.5. The number of carbonyl (C=O) groups excluding carboxylic acids is 10. The number of aryl methyl sites for hydroxylation is 1. The molecule has 7 aliphatic rings. The van der Waals surface area contributed by atoms with Gasteiger partial charge in [-0.05, 0) is 144 Å². The summed E-state index contributed by atoms with van der Waals surface area (Å²) in [5, 5.41) is 60.2. The number of Topliss-reactive ketones (excluding diaryl/α,β-unsaturated/α-hetero) is 4. The van der Waals surface area contributed by atoms with Crippen LogP contribution in [0.5, 0.6) is 40.2 Å². The lowest BCUT2D eigenvalue weighted by Gasteiger charge is -2.43. The van der Waals surface area contributed by atoms with Crippen molar-refractivity contribution in [2.24, 2.45) is 0 Å². The summed E-state index contributed by atoms with van der Waals surface area (Å²) >= 11 is 0. The van der Waals surface area contributed by atoms with Crippen molar-refractivity contribution in [2.45, 2.75) is 227 Å². The summed E-state index contributed by atoms with van der Waals surface area (Å²) in [5.41, 5.74) is 5.93. The van der Waals surface area contributed by atoms with Crippen molar-refractivity contribution < 1.29 is 164 Å². The maximum atomic E-state index is 12.4. The third-order valence-electron chi connectivity index (χ3n) is 18.5. The van der Waals surface area contributed by atoms with E-state index in [9.17, 15) is 83.4 Å². The monoisotopic (exact) mass is 1660 g/mol. The van der Waals surface area contributed by atoms with Crippen LogP contribution in [0.4, 0.5) is 0 Å². The molecule has 0 amide bonds. The maximum absolute atomic E-state index is 12.4. The highest BCUT2D eigenvalue weighted by Gasteiger charge is 2.57. The topological polar surface area (TPSA) is 479 Å². The number of hydrogen-bond acceptors (Lipinski definition) is 35.